The topological polar surface area (TPSA) is 63.9 Å². The Kier molecular flexibility index (Phi) is 5.82. The molecule has 0 atom stereocenters. The number of aromatic nitrogens is 4. The van der Waals surface area contributed by atoms with Gasteiger partial charge in [0.25, 0.3) is 0 Å². The number of nitrogens with zero attached hydrogens (tertiary/aromatic N) is 5. The van der Waals surface area contributed by atoms with Gasteiger partial charge >= 0.3 is 0 Å². The van der Waals surface area contributed by atoms with E-state index >= 15 is 0 Å². The van der Waals surface area contributed by atoms with Crippen LogP contribution in [0.25, 0.3) is 0 Å². The zero-order valence-corrected chi connectivity index (χ0v) is 18.2. The Balaban J connectivity index is 1.51. The number of benzene rings is 1. The van der Waals surface area contributed by atoms with Crippen molar-refractivity contribution in [1.82, 2.24) is 19.7 Å². The predicted octanol–water partition coefficient (Wildman–Crippen LogP) is 5.08. The van der Waals surface area contributed by atoms with Crippen LogP contribution in [0.1, 0.15) is 42.8 Å². The van der Waals surface area contributed by atoms with Crippen LogP contribution < -0.4 is 4.90 Å². The number of allylic oxidation sites excluding steroid dienone is 1. The minimum absolute atomic E-state index is 0.0519. The van der Waals surface area contributed by atoms with Gasteiger partial charge in [-0.3, -0.25) is 9.69 Å². The van der Waals surface area contributed by atoms with Crippen molar-refractivity contribution in [1.29, 1.82) is 0 Å². The maximum Gasteiger partial charge on any atom is 0.230 e. The maximum absolute atomic E-state index is 12.3. The summed E-state index contributed by atoms with van der Waals surface area (Å²) < 4.78 is 2.15. The molecule has 2 heterocycles. The van der Waals surface area contributed by atoms with E-state index in [2.05, 4.69) is 21.3 Å². The van der Waals surface area contributed by atoms with Gasteiger partial charge in [0.15, 0.2) is 10.3 Å². The van der Waals surface area contributed by atoms with E-state index in [0.717, 1.165) is 34.5 Å². The van der Waals surface area contributed by atoms with Crippen LogP contribution in [0, 0.1) is 6.92 Å². The number of thiazole rings is 1. The van der Waals surface area contributed by atoms with E-state index in [0.29, 0.717) is 16.8 Å². The summed E-state index contributed by atoms with van der Waals surface area (Å²) in [6.45, 7) is 8.15. The number of thioether (sulfide) groups is 1. The van der Waals surface area contributed by atoms with Gasteiger partial charge in [-0.25, -0.2) is 4.98 Å². The summed E-state index contributed by atoms with van der Waals surface area (Å²) in [7, 11) is 0. The molecule has 0 spiro atoms. The second kappa shape index (κ2) is 8.51. The maximum atomic E-state index is 12.3. The van der Waals surface area contributed by atoms with Crippen molar-refractivity contribution >= 4 is 39.8 Å². The van der Waals surface area contributed by atoms with Crippen molar-refractivity contribution in [3.63, 3.8) is 0 Å². The number of anilines is 2. The molecule has 29 heavy (non-hydrogen) atoms. The van der Waals surface area contributed by atoms with Gasteiger partial charge < -0.3 is 4.57 Å². The highest BCUT2D eigenvalue weighted by atomic mass is 32.2. The predicted molar refractivity (Wildman–Crippen MR) is 118 cm³/mol. The van der Waals surface area contributed by atoms with Crippen molar-refractivity contribution in [3.8, 4) is 0 Å². The fourth-order valence-electron chi connectivity index (χ4n) is 3.15. The van der Waals surface area contributed by atoms with Gasteiger partial charge in [-0.1, -0.05) is 30.0 Å². The van der Waals surface area contributed by atoms with Crippen molar-refractivity contribution in [3.05, 3.63) is 59.4 Å². The molecule has 4 rings (SSSR count). The number of hydrogen-bond donors (Lipinski definition) is 0. The standard InChI is InChI=1S/C21H23N5OS2/c1-4-10-25-19(16-8-9-16)23-24-21(25)29-13-17-12-28-20(22-17)26(15(3)27)18-7-5-6-14(2)11-18/h4-7,11-12,16H,1,8-10,13H2,2-3H3. The molecule has 1 aromatic carbocycles. The van der Waals surface area contributed by atoms with Crippen LogP contribution in [0.4, 0.5) is 10.8 Å². The van der Waals surface area contributed by atoms with Gasteiger partial charge in [0.2, 0.25) is 5.91 Å². The number of hydrogen-bond acceptors (Lipinski definition) is 6. The van der Waals surface area contributed by atoms with Crippen LogP contribution in [0.2, 0.25) is 0 Å². The third kappa shape index (κ3) is 4.43. The highest BCUT2D eigenvalue weighted by Crippen LogP contribution is 2.40. The van der Waals surface area contributed by atoms with Crippen LogP contribution in [0.3, 0.4) is 0 Å². The fourth-order valence-corrected chi connectivity index (χ4v) is 4.99. The smallest absolute Gasteiger partial charge is 0.230 e. The van der Waals surface area contributed by atoms with Crippen molar-refractivity contribution < 1.29 is 4.79 Å². The molecule has 2 aromatic heterocycles. The van der Waals surface area contributed by atoms with Gasteiger partial charge in [-0.05, 0) is 37.5 Å². The van der Waals surface area contributed by atoms with Crippen molar-refractivity contribution in [2.24, 2.45) is 0 Å². The third-order valence-electron chi connectivity index (χ3n) is 4.65. The van der Waals surface area contributed by atoms with Crippen LogP contribution in [-0.2, 0) is 17.1 Å². The zero-order valence-electron chi connectivity index (χ0n) is 16.5. The Morgan fingerprint density at radius 2 is 2.24 bits per heavy atom. The summed E-state index contributed by atoms with van der Waals surface area (Å²) in [6.07, 6.45) is 4.26. The highest BCUT2D eigenvalue weighted by Gasteiger charge is 2.30. The van der Waals surface area contributed by atoms with Crippen LogP contribution in [0.5, 0.6) is 0 Å². The highest BCUT2D eigenvalue weighted by molar-refractivity contribution is 7.98. The summed E-state index contributed by atoms with van der Waals surface area (Å²) >= 11 is 3.10. The molecule has 6 nitrogen and oxygen atoms in total. The molecule has 0 unspecified atom stereocenters. The Bertz CT molecular complexity index is 1040. The lowest BCUT2D eigenvalue weighted by Gasteiger charge is -2.18. The monoisotopic (exact) mass is 425 g/mol. The van der Waals surface area contributed by atoms with Gasteiger partial charge in [0.05, 0.1) is 11.4 Å². The molecular formula is C21H23N5OS2. The number of aryl methyl sites for hydroxylation is 1. The first-order valence-corrected chi connectivity index (χ1v) is 11.4. The number of rotatable bonds is 8. The molecule has 0 saturated heterocycles. The molecule has 1 saturated carbocycles. The summed E-state index contributed by atoms with van der Waals surface area (Å²) in [5.74, 6) is 2.23. The van der Waals surface area contributed by atoms with E-state index < -0.39 is 0 Å². The Morgan fingerprint density at radius 1 is 1.41 bits per heavy atom. The van der Waals surface area contributed by atoms with Crippen molar-refractivity contribution in [2.45, 2.75) is 50.1 Å². The van der Waals surface area contributed by atoms with Gasteiger partial charge in [-0.2, -0.15) is 0 Å². The van der Waals surface area contributed by atoms with E-state index in [1.54, 1.807) is 23.6 Å². The molecule has 3 aromatic rings. The van der Waals surface area contributed by atoms with E-state index in [-0.39, 0.29) is 5.91 Å². The van der Waals surface area contributed by atoms with Crippen LogP contribution >= 0.6 is 23.1 Å². The van der Waals surface area contributed by atoms with E-state index in [1.165, 1.54) is 24.2 Å². The molecule has 1 aliphatic carbocycles. The summed E-state index contributed by atoms with van der Waals surface area (Å²) in [5.41, 5.74) is 2.87. The molecule has 0 bridgehead atoms. The number of carbonyl (C=O) groups excluding carboxylic acids is 1. The molecular weight excluding hydrogens is 402 g/mol. The SMILES string of the molecule is C=CCn1c(SCc2csc(N(C(C)=O)c3cccc(C)c3)n2)nnc1C1CC1. The lowest BCUT2D eigenvalue weighted by Crippen LogP contribution is -2.22. The first-order chi connectivity index (χ1) is 14.1. The normalized spacial score (nSPS) is 13.4. The molecule has 0 aliphatic heterocycles. The Hall–Kier alpha value is -2.45. The van der Waals surface area contributed by atoms with E-state index in [1.807, 2.05) is 42.6 Å². The second-order valence-electron chi connectivity index (χ2n) is 7.12. The average molecular weight is 426 g/mol. The summed E-state index contributed by atoms with van der Waals surface area (Å²) in [6, 6.07) is 7.89. The quantitative estimate of drug-likeness (QED) is 0.372. The fraction of sp³-hybridized carbons (Fsp3) is 0.333. The van der Waals surface area contributed by atoms with Gasteiger partial charge in [0, 0.05) is 30.5 Å². The van der Waals surface area contributed by atoms with E-state index in [4.69, 9.17) is 4.98 Å². The van der Waals surface area contributed by atoms with Crippen LogP contribution in [-0.4, -0.2) is 25.7 Å². The Labute approximate surface area is 178 Å². The molecule has 8 heteroatoms. The molecule has 150 valence electrons. The largest absolute Gasteiger partial charge is 0.302 e. The number of amides is 1. The minimum Gasteiger partial charge on any atom is -0.302 e. The average Bonchev–Trinajstić information content (AvgIpc) is 3.30. The van der Waals surface area contributed by atoms with Crippen molar-refractivity contribution in [2.75, 3.05) is 4.90 Å². The lowest BCUT2D eigenvalue weighted by molar-refractivity contribution is -0.115. The molecule has 0 radical (unpaired) electrons. The number of carbonyl (C=O) groups is 1. The summed E-state index contributed by atoms with van der Waals surface area (Å²) in [4.78, 5) is 18.7. The van der Waals surface area contributed by atoms with Gasteiger partial charge in [0.1, 0.15) is 5.82 Å². The van der Waals surface area contributed by atoms with Crippen LogP contribution in [0.15, 0.2) is 47.5 Å². The van der Waals surface area contributed by atoms with E-state index in [9.17, 15) is 4.79 Å². The third-order valence-corrected chi connectivity index (χ3v) is 6.53. The zero-order chi connectivity index (χ0) is 20.4. The Morgan fingerprint density at radius 3 is 2.93 bits per heavy atom. The van der Waals surface area contributed by atoms with Gasteiger partial charge in [-0.15, -0.1) is 28.1 Å². The summed E-state index contributed by atoms with van der Waals surface area (Å²) in [5, 5.41) is 12.3. The molecule has 1 aliphatic rings. The first-order valence-electron chi connectivity index (χ1n) is 9.55. The first kappa shape index (κ1) is 19.8. The molecule has 0 N–H and O–H groups in total. The molecule has 1 amide bonds. The second-order valence-corrected chi connectivity index (χ2v) is 8.90. The minimum atomic E-state index is -0.0519. The molecule has 1 fully saturated rings. The lowest BCUT2D eigenvalue weighted by atomic mass is 10.2.